The van der Waals surface area contributed by atoms with Gasteiger partial charge in [0, 0.05) is 25.2 Å². The summed E-state index contributed by atoms with van der Waals surface area (Å²) in [5.41, 5.74) is 2.22. The monoisotopic (exact) mass is 278 g/mol. The molecule has 0 saturated carbocycles. The fourth-order valence-corrected chi connectivity index (χ4v) is 1.88. The van der Waals surface area contributed by atoms with Crippen LogP contribution in [0.4, 0.5) is 4.39 Å². The van der Waals surface area contributed by atoms with Gasteiger partial charge >= 0.3 is 0 Å². The zero-order valence-corrected chi connectivity index (χ0v) is 11.0. The van der Waals surface area contributed by atoms with Gasteiger partial charge in [-0.2, -0.15) is 0 Å². The number of pyridine rings is 1. The van der Waals surface area contributed by atoms with Crippen molar-refractivity contribution in [1.29, 1.82) is 0 Å². The highest BCUT2D eigenvalue weighted by Crippen LogP contribution is 2.26. The van der Waals surface area contributed by atoms with Crippen molar-refractivity contribution < 1.29 is 9.18 Å². The lowest BCUT2D eigenvalue weighted by molar-refractivity contribution is -0.119. The number of carbonyl (C=O) groups is 1. The van der Waals surface area contributed by atoms with E-state index in [1.54, 1.807) is 18.3 Å². The molecular weight excluding hydrogens is 267 g/mol. The maximum atomic E-state index is 13.0. The summed E-state index contributed by atoms with van der Waals surface area (Å²) in [4.78, 5) is 15.1. The Balaban J connectivity index is 2.20. The summed E-state index contributed by atoms with van der Waals surface area (Å²) in [5.74, 6) is -0.471. The molecule has 0 atom stereocenters. The standard InChI is InChI=1S/C14H12ClFN2O/c1-9(19)17-7-10-2-5-14(18-8-10)12-4-3-11(16)6-13(12)15/h2-6,8H,7H2,1H3,(H,17,19). The number of hydrogen-bond donors (Lipinski definition) is 1. The fourth-order valence-electron chi connectivity index (χ4n) is 1.61. The van der Waals surface area contributed by atoms with Crippen LogP contribution in [-0.4, -0.2) is 10.9 Å². The summed E-state index contributed by atoms with van der Waals surface area (Å²) < 4.78 is 13.0. The Kier molecular flexibility index (Phi) is 4.12. The zero-order chi connectivity index (χ0) is 13.8. The highest BCUT2D eigenvalue weighted by molar-refractivity contribution is 6.33. The van der Waals surface area contributed by atoms with Crippen LogP contribution in [0.5, 0.6) is 0 Å². The summed E-state index contributed by atoms with van der Waals surface area (Å²) >= 11 is 5.97. The fraction of sp³-hybridized carbons (Fsp3) is 0.143. The molecule has 5 heteroatoms. The Bertz CT molecular complexity index is 599. The molecule has 0 spiro atoms. The number of amides is 1. The van der Waals surface area contributed by atoms with Crippen LogP contribution in [0.1, 0.15) is 12.5 Å². The zero-order valence-electron chi connectivity index (χ0n) is 10.3. The third-order valence-corrected chi connectivity index (χ3v) is 2.89. The number of hydrogen-bond acceptors (Lipinski definition) is 2. The molecule has 1 heterocycles. The average Bonchev–Trinajstić information content (AvgIpc) is 2.37. The first kappa shape index (κ1) is 13.5. The molecule has 0 unspecified atom stereocenters. The first-order valence-corrected chi connectivity index (χ1v) is 6.09. The maximum Gasteiger partial charge on any atom is 0.217 e. The normalized spacial score (nSPS) is 10.3. The van der Waals surface area contributed by atoms with E-state index in [0.717, 1.165) is 5.56 Å². The number of rotatable bonds is 3. The van der Waals surface area contributed by atoms with E-state index in [2.05, 4.69) is 10.3 Å². The molecule has 0 aliphatic carbocycles. The highest BCUT2D eigenvalue weighted by Gasteiger charge is 2.06. The maximum absolute atomic E-state index is 13.0. The van der Waals surface area contributed by atoms with Gasteiger partial charge in [-0.15, -0.1) is 0 Å². The van der Waals surface area contributed by atoms with Crippen molar-refractivity contribution in [3.63, 3.8) is 0 Å². The van der Waals surface area contributed by atoms with Crippen molar-refractivity contribution in [2.24, 2.45) is 0 Å². The summed E-state index contributed by atoms with van der Waals surface area (Å²) in [6.07, 6.45) is 1.66. The lowest BCUT2D eigenvalue weighted by Crippen LogP contribution is -2.18. The summed E-state index contributed by atoms with van der Waals surface area (Å²) in [5, 5.41) is 3.01. The minimum atomic E-state index is -0.379. The van der Waals surface area contributed by atoms with Crippen molar-refractivity contribution in [2.45, 2.75) is 13.5 Å². The third-order valence-electron chi connectivity index (χ3n) is 2.57. The van der Waals surface area contributed by atoms with Gasteiger partial charge in [-0.05, 0) is 29.8 Å². The van der Waals surface area contributed by atoms with Crippen molar-refractivity contribution in [1.82, 2.24) is 10.3 Å². The molecule has 0 bridgehead atoms. The van der Waals surface area contributed by atoms with Crippen LogP contribution in [0.2, 0.25) is 5.02 Å². The van der Waals surface area contributed by atoms with E-state index in [0.29, 0.717) is 22.8 Å². The van der Waals surface area contributed by atoms with Gasteiger partial charge in [-0.25, -0.2) is 4.39 Å². The topological polar surface area (TPSA) is 42.0 Å². The van der Waals surface area contributed by atoms with E-state index in [1.807, 2.05) is 6.07 Å². The van der Waals surface area contributed by atoms with Gasteiger partial charge in [0.15, 0.2) is 0 Å². The Morgan fingerprint density at radius 2 is 2.16 bits per heavy atom. The predicted molar refractivity (Wildman–Crippen MR) is 72.2 cm³/mol. The second-order valence-electron chi connectivity index (χ2n) is 4.09. The summed E-state index contributed by atoms with van der Waals surface area (Å²) in [6.45, 7) is 1.89. The van der Waals surface area contributed by atoms with Gasteiger partial charge in [-0.3, -0.25) is 9.78 Å². The molecule has 1 aromatic heterocycles. The van der Waals surface area contributed by atoms with Gasteiger partial charge in [0.05, 0.1) is 10.7 Å². The van der Waals surface area contributed by atoms with Gasteiger partial charge in [0.1, 0.15) is 5.82 Å². The van der Waals surface area contributed by atoms with Crippen LogP contribution in [0, 0.1) is 5.82 Å². The quantitative estimate of drug-likeness (QED) is 0.937. The smallest absolute Gasteiger partial charge is 0.217 e. The molecule has 1 aromatic carbocycles. The predicted octanol–water partition coefficient (Wildman–Crippen LogP) is 3.18. The molecule has 98 valence electrons. The van der Waals surface area contributed by atoms with E-state index in [4.69, 9.17) is 11.6 Å². The van der Waals surface area contributed by atoms with E-state index in [-0.39, 0.29) is 11.7 Å². The van der Waals surface area contributed by atoms with Crippen molar-refractivity contribution in [2.75, 3.05) is 0 Å². The molecule has 0 saturated heterocycles. The van der Waals surface area contributed by atoms with Crippen LogP contribution < -0.4 is 5.32 Å². The molecule has 1 amide bonds. The molecule has 0 fully saturated rings. The molecule has 3 nitrogen and oxygen atoms in total. The summed E-state index contributed by atoms with van der Waals surface area (Å²) in [7, 11) is 0. The molecule has 1 N–H and O–H groups in total. The SMILES string of the molecule is CC(=O)NCc1ccc(-c2ccc(F)cc2Cl)nc1. The third kappa shape index (κ3) is 3.51. The van der Waals surface area contributed by atoms with Gasteiger partial charge < -0.3 is 5.32 Å². The second-order valence-corrected chi connectivity index (χ2v) is 4.49. The van der Waals surface area contributed by atoms with Gasteiger partial charge in [-0.1, -0.05) is 17.7 Å². The van der Waals surface area contributed by atoms with Crippen molar-refractivity contribution in [3.8, 4) is 11.3 Å². The first-order chi connectivity index (χ1) is 9.06. The number of benzene rings is 1. The van der Waals surface area contributed by atoms with E-state index in [9.17, 15) is 9.18 Å². The molecule has 0 radical (unpaired) electrons. The van der Waals surface area contributed by atoms with Crippen LogP contribution in [-0.2, 0) is 11.3 Å². The van der Waals surface area contributed by atoms with Crippen LogP contribution >= 0.6 is 11.6 Å². The molecule has 0 aliphatic rings. The van der Waals surface area contributed by atoms with E-state index in [1.165, 1.54) is 19.1 Å². The Labute approximate surface area is 115 Å². The number of halogens is 2. The second kappa shape index (κ2) is 5.80. The lowest BCUT2D eigenvalue weighted by atomic mass is 10.1. The molecule has 2 aromatic rings. The lowest BCUT2D eigenvalue weighted by Gasteiger charge is -2.06. The minimum absolute atomic E-state index is 0.0920. The van der Waals surface area contributed by atoms with Crippen LogP contribution in [0.3, 0.4) is 0 Å². The minimum Gasteiger partial charge on any atom is -0.352 e. The Morgan fingerprint density at radius 3 is 2.74 bits per heavy atom. The largest absolute Gasteiger partial charge is 0.352 e. The first-order valence-electron chi connectivity index (χ1n) is 5.71. The highest BCUT2D eigenvalue weighted by atomic mass is 35.5. The van der Waals surface area contributed by atoms with Gasteiger partial charge in [0.25, 0.3) is 0 Å². The van der Waals surface area contributed by atoms with Crippen LogP contribution in [0.25, 0.3) is 11.3 Å². The molecule has 0 aliphatic heterocycles. The Hall–Kier alpha value is -1.94. The van der Waals surface area contributed by atoms with Crippen molar-refractivity contribution in [3.05, 3.63) is 52.9 Å². The number of nitrogens with zero attached hydrogens (tertiary/aromatic N) is 1. The molecule has 19 heavy (non-hydrogen) atoms. The summed E-state index contributed by atoms with van der Waals surface area (Å²) in [6, 6.07) is 7.82. The number of nitrogens with one attached hydrogen (secondary N) is 1. The number of carbonyl (C=O) groups excluding carboxylic acids is 1. The average molecular weight is 279 g/mol. The van der Waals surface area contributed by atoms with E-state index < -0.39 is 0 Å². The molecule has 2 rings (SSSR count). The number of aromatic nitrogens is 1. The van der Waals surface area contributed by atoms with Crippen LogP contribution in [0.15, 0.2) is 36.5 Å². The van der Waals surface area contributed by atoms with Crippen molar-refractivity contribution >= 4 is 17.5 Å². The van der Waals surface area contributed by atoms with E-state index >= 15 is 0 Å². The molecular formula is C14H12ClFN2O. The van der Waals surface area contributed by atoms with Gasteiger partial charge in [0.2, 0.25) is 5.91 Å². The Morgan fingerprint density at radius 1 is 1.37 bits per heavy atom.